The van der Waals surface area contributed by atoms with Crippen LogP contribution >= 0.6 is 0 Å². The van der Waals surface area contributed by atoms with Crippen molar-refractivity contribution in [2.75, 3.05) is 44.3 Å². The number of morpholine rings is 1. The molecule has 0 unspecified atom stereocenters. The van der Waals surface area contributed by atoms with Gasteiger partial charge < -0.3 is 19.6 Å². The van der Waals surface area contributed by atoms with Crippen molar-refractivity contribution in [2.24, 2.45) is 0 Å². The van der Waals surface area contributed by atoms with E-state index in [1.54, 1.807) is 12.4 Å². The maximum Gasteiger partial charge on any atom is 0.407 e. The zero-order chi connectivity index (χ0) is 19.1. The number of carboxylic acid groups (broad SMARTS) is 1. The van der Waals surface area contributed by atoms with Crippen molar-refractivity contribution in [1.29, 1.82) is 0 Å². The van der Waals surface area contributed by atoms with E-state index < -0.39 is 6.09 Å². The van der Waals surface area contributed by atoms with Crippen molar-refractivity contribution in [3.05, 3.63) is 42.4 Å². The van der Waals surface area contributed by atoms with Gasteiger partial charge in [0.2, 0.25) is 0 Å². The summed E-state index contributed by atoms with van der Waals surface area (Å²) in [5, 5.41) is 13.9. The number of aromatic nitrogens is 4. The van der Waals surface area contributed by atoms with Gasteiger partial charge in [-0.2, -0.15) is 9.61 Å². The van der Waals surface area contributed by atoms with Gasteiger partial charge >= 0.3 is 6.09 Å². The third-order valence-electron chi connectivity index (χ3n) is 5.31. The molecule has 0 bridgehead atoms. The fourth-order valence-electron chi connectivity index (χ4n) is 3.69. The minimum Gasteiger partial charge on any atom is -0.465 e. The minimum absolute atomic E-state index is 0.111. The maximum atomic E-state index is 11.1. The molecule has 2 aliphatic rings. The van der Waals surface area contributed by atoms with E-state index in [-0.39, 0.29) is 5.92 Å². The monoisotopic (exact) mass is 380 g/mol. The summed E-state index contributed by atoms with van der Waals surface area (Å²) in [6.07, 6.45) is 2.61. The molecule has 2 aliphatic heterocycles. The van der Waals surface area contributed by atoms with Crippen LogP contribution in [-0.4, -0.2) is 75.1 Å². The van der Waals surface area contributed by atoms with Crippen LogP contribution < -0.4 is 4.90 Å². The van der Waals surface area contributed by atoms with Gasteiger partial charge in [0, 0.05) is 62.2 Å². The Morgan fingerprint density at radius 1 is 1.14 bits per heavy atom. The predicted octanol–water partition coefficient (Wildman–Crippen LogP) is 1.71. The van der Waals surface area contributed by atoms with Gasteiger partial charge in [-0.05, 0) is 12.1 Å². The summed E-state index contributed by atoms with van der Waals surface area (Å²) < 4.78 is 7.37. The smallest absolute Gasteiger partial charge is 0.407 e. The molecule has 0 saturated carbocycles. The first-order chi connectivity index (χ1) is 13.7. The van der Waals surface area contributed by atoms with E-state index in [0.717, 1.165) is 41.5 Å². The number of likely N-dealkylation sites (tertiary alicyclic amines) is 1. The number of carbonyl (C=O) groups is 1. The average molecular weight is 380 g/mol. The number of rotatable bonds is 3. The largest absolute Gasteiger partial charge is 0.465 e. The fraction of sp³-hybridized carbons (Fsp3) is 0.368. The van der Waals surface area contributed by atoms with Crippen LogP contribution in [0.25, 0.3) is 16.9 Å². The predicted molar refractivity (Wildman–Crippen MR) is 102 cm³/mol. The zero-order valence-electron chi connectivity index (χ0n) is 15.2. The molecule has 0 radical (unpaired) electrons. The number of anilines is 1. The van der Waals surface area contributed by atoms with E-state index in [2.05, 4.69) is 9.88 Å². The molecule has 144 valence electrons. The second-order valence-corrected chi connectivity index (χ2v) is 7.06. The first kappa shape index (κ1) is 16.9. The molecule has 0 atom stereocenters. The quantitative estimate of drug-likeness (QED) is 0.739. The summed E-state index contributed by atoms with van der Waals surface area (Å²) in [5.74, 6) is 1.08. The first-order valence-corrected chi connectivity index (χ1v) is 9.31. The van der Waals surface area contributed by atoms with Gasteiger partial charge in [-0.1, -0.05) is 0 Å². The van der Waals surface area contributed by atoms with Gasteiger partial charge in [0.05, 0.1) is 24.6 Å². The summed E-state index contributed by atoms with van der Waals surface area (Å²) >= 11 is 0. The number of ether oxygens (including phenoxy) is 1. The molecule has 2 fully saturated rings. The third-order valence-corrected chi connectivity index (χ3v) is 5.31. The molecule has 2 saturated heterocycles. The Morgan fingerprint density at radius 3 is 2.61 bits per heavy atom. The lowest BCUT2D eigenvalue weighted by molar-refractivity contribution is 0.104. The fourth-order valence-corrected chi connectivity index (χ4v) is 3.69. The second kappa shape index (κ2) is 6.75. The summed E-state index contributed by atoms with van der Waals surface area (Å²) in [7, 11) is 0. The van der Waals surface area contributed by atoms with E-state index in [0.29, 0.717) is 26.3 Å². The Balaban J connectivity index is 1.57. The lowest BCUT2D eigenvalue weighted by atomic mass is 9.96. The molecule has 1 amide bonds. The van der Waals surface area contributed by atoms with E-state index in [1.807, 2.05) is 28.8 Å². The molecule has 9 heteroatoms. The lowest BCUT2D eigenvalue weighted by Gasteiger charge is -2.37. The molecule has 9 nitrogen and oxygen atoms in total. The summed E-state index contributed by atoms with van der Waals surface area (Å²) in [6, 6.07) is 7.86. The normalized spacial score (nSPS) is 17.7. The maximum absolute atomic E-state index is 11.1. The molecule has 0 spiro atoms. The summed E-state index contributed by atoms with van der Waals surface area (Å²) in [6.45, 7) is 3.88. The van der Waals surface area contributed by atoms with Crippen molar-refractivity contribution in [2.45, 2.75) is 5.92 Å². The Kier molecular flexibility index (Phi) is 4.09. The molecule has 5 rings (SSSR count). The lowest BCUT2D eigenvalue weighted by Crippen LogP contribution is -2.48. The zero-order valence-corrected chi connectivity index (χ0v) is 15.2. The van der Waals surface area contributed by atoms with Crippen LogP contribution in [0.15, 0.2) is 36.7 Å². The Hall–Kier alpha value is -3.20. The van der Waals surface area contributed by atoms with Crippen LogP contribution in [0.4, 0.5) is 10.6 Å². The highest BCUT2D eigenvalue weighted by atomic mass is 16.5. The van der Waals surface area contributed by atoms with Crippen molar-refractivity contribution in [3.8, 4) is 11.3 Å². The van der Waals surface area contributed by atoms with Crippen LogP contribution in [0.5, 0.6) is 0 Å². The molecule has 5 heterocycles. The van der Waals surface area contributed by atoms with Crippen molar-refractivity contribution in [1.82, 2.24) is 24.5 Å². The highest BCUT2D eigenvalue weighted by Crippen LogP contribution is 2.30. The number of amides is 1. The molecule has 3 aromatic heterocycles. The van der Waals surface area contributed by atoms with Crippen LogP contribution in [-0.2, 0) is 4.74 Å². The van der Waals surface area contributed by atoms with E-state index in [9.17, 15) is 4.79 Å². The molecular formula is C19H20N6O3. The molecule has 1 N–H and O–H groups in total. The van der Waals surface area contributed by atoms with Gasteiger partial charge in [0.25, 0.3) is 0 Å². The van der Waals surface area contributed by atoms with Crippen LogP contribution in [0.1, 0.15) is 11.6 Å². The van der Waals surface area contributed by atoms with E-state index in [4.69, 9.17) is 19.9 Å². The Morgan fingerprint density at radius 2 is 1.89 bits per heavy atom. The van der Waals surface area contributed by atoms with Crippen LogP contribution in [0.2, 0.25) is 0 Å². The minimum atomic E-state index is -0.880. The van der Waals surface area contributed by atoms with E-state index >= 15 is 0 Å². The number of pyridine rings is 1. The number of fused-ring (bicyclic) bond motifs is 1. The van der Waals surface area contributed by atoms with E-state index in [1.165, 1.54) is 4.90 Å². The standard InChI is InChI=1S/C19H20N6O3/c26-19(27)24-11-14(12-24)15-10-18(23-5-7-28-8-6-23)25-17(21-15)9-16(22-25)13-1-3-20-4-2-13/h1-4,9-10,14H,5-8,11-12H2,(H,26,27). The molecule has 0 aliphatic carbocycles. The number of nitrogens with zero attached hydrogens (tertiary/aromatic N) is 6. The second-order valence-electron chi connectivity index (χ2n) is 7.06. The third kappa shape index (κ3) is 2.93. The Labute approximate surface area is 161 Å². The Bertz CT molecular complexity index is 1010. The van der Waals surface area contributed by atoms with Gasteiger partial charge in [0.15, 0.2) is 5.65 Å². The number of hydrogen-bond acceptors (Lipinski definition) is 6. The van der Waals surface area contributed by atoms with Gasteiger partial charge in [-0.15, -0.1) is 0 Å². The van der Waals surface area contributed by atoms with Gasteiger partial charge in [-0.3, -0.25) is 4.98 Å². The molecule has 0 aromatic carbocycles. The number of hydrogen-bond donors (Lipinski definition) is 1. The van der Waals surface area contributed by atoms with Crippen molar-refractivity contribution >= 4 is 17.6 Å². The highest BCUT2D eigenvalue weighted by Gasteiger charge is 2.33. The van der Waals surface area contributed by atoms with Crippen LogP contribution in [0, 0.1) is 0 Å². The highest BCUT2D eigenvalue weighted by molar-refractivity contribution is 5.67. The van der Waals surface area contributed by atoms with Crippen LogP contribution in [0.3, 0.4) is 0 Å². The van der Waals surface area contributed by atoms with Gasteiger partial charge in [-0.25, -0.2) is 9.78 Å². The van der Waals surface area contributed by atoms with Crippen molar-refractivity contribution in [3.63, 3.8) is 0 Å². The first-order valence-electron chi connectivity index (χ1n) is 9.31. The summed E-state index contributed by atoms with van der Waals surface area (Å²) in [4.78, 5) is 23.6. The molecule has 28 heavy (non-hydrogen) atoms. The average Bonchev–Trinajstić information content (AvgIpc) is 3.11. The molecular weight excluding hydrogens is 360 g/mol. The SMILES string of the molecule is O=C(O)N1CC(c2cc(N3CCOCC3)n3nc(-c4ccncc4)cc3n2)C1. The molecule has 3 aromatic rings. The topological polar surface area (TPSA) is 96.1 Å². The van der Waals surface area contributed by atoms with Crippen molar-refractivity contribution < 1.29 is 14.6 Å². The van der Waals surface area contributed by atoms with Gasteiger partial charge in [0.1, 0.15) is 5.82 Å². The summed E-state index contributed by atoms with van der Waals surface area (Å²) in [5.41, 5.74) is 3.49.